The number of nitrogens with zero attached hydrogens (tertiary/aromatic N) is 3. The normalized spacial score (nSPS) is 21.0. The van der Waals surface area contributed by atoms with E-state index in [2.05, 4.69) is 10.2 Å². The number of halogens is 1. The number of carbonyl (C=O) groups is 1. The first kappa shape index (κ1) is 17.3. The molecule has 0 spiro atoms. The number of aromatic nitrogens is 2. The van der Waals surface area contributed by atoms with Crippen LogP contribution in [0.25, 0.3) is 6.08 Å². The molecule has 1 saturated heterocycles. The van der Waals surface area contributed by atoms with Gasteiger partial charge in [0.15, 0.2) is 0 Å². The van der Waals surface area contributed by atoms with E-state index in [1.54, 1.807) is 13.0 Å². The highest BCUT2D eigenvalue weighted by molar-refractivity contribution is 5.73. The highest BCUT2D eigenvalue weighted by Gasteiger charge is 2.33. The second kappa shape index (κ2) is 7.59. The largest absolute Gasteiger partial charge is 0.425 e. The van der Waals surface area contributed by atoms with Crippen molar-refractivity contribution in [2.45, 2.75) is 45.1 Å². The quantitative estimate of drug-likeness (QED) is 0.851. The number of amides is 1. The minimum Gasteiger partial charge on any atom is -0.425 e. The van der Waals surface area contributed by atoms with Gasteiger partial charge in [0.1, 0.15) is 5.82 Å². The third-order valence-electron chi connectivity index (χ3n) is 4.64. The topological polar surface area (TPSA) is 59.2 Å². The molecule has 0 bridgehead atoms. The molecule has 1 aromatic heterocycles. The molecule has 1 aliphatic rings. The Labute approximate surface area is 146 Å². The van der Waals surface area contributed by atoms with Gasteiger partial charge in [-0.2, -0.15) is 0 Å². The summed E-state index contributed by atoms with van der Waals surface area (Å²) in [6, 6.07) is 6.44. The molecule has 0 unspecified atom stereocenters. The summed E-state index contributed by atoms with van der Waals surface area (Å²) in [7, 11) is 0. The van der Waals surface area contributed by atoms with Crippen LogP contribution in [-0.2, 0) is 11.2 Å². The van der Waals surface area contributed by atoms with Crippen molar-refractivity contribution >= 4 is 12.0 Å². The predicted octanol–water partition coefficient (Wildman–Crippen LogP) is 3.58. The lowest BCUT2D eigenvalue weighted by Crippen LogP contribution is -2.44. The fourth-order valence-electron chi connectivity index (χ4n) is 3.32. The van der Waals surface area contributed by atoms with Gasteiger partial charge < -0.3 is 9.32 Å². The Morgan fingerprint density at radius 3 is 3.04 bits per heavy atom. The van der Waals surface area contributed by atoms with Gasteiger partial charge in [-0.25, -0.2) is 4.39 Å². The van der Waals surface area contributed by atoms with Gasteiger partial charge >= 0.3 is 0 Å². The molecule has 25 heavy (non-hydrogen) atoms. The maximum absolute atomic E-state index is 13.1. The standard InChI is InChI=1S/C19H22FN3O2/c1-13-17(9-5-11-23(13)14(2)24)19-22-21-18(25-19)10-4-7-15-6-3-8-16(20)12-15/h3-4,6-8,12-13,17H,5,9-11H2,1-2H3/b7-4+/t13-,17-/m0/s1. The first-order valence-corrected chi connectivity index (χ1v) is 8.56. The van der Waals surface area contributed by atoms with Crippen molar-refractivity contribution in [2.24, 2.45) is 0 Å². The van der Waals surface area contributed by atoms with E-state index in [1.165, 1.54) is 12.1 Å². The van der Waals surface area contributed by atoms with Crippen molar-refractivity contribution in [3.8, 4) is 0 Å². The molecule has 1 fully saturated rings. The van der Waals surface area contributed by atoms with E-state index in [4.69, 9.17) is 4.42 Å². The Morgan fingerprint density at radius 1 is 1.44 bits per heavy atom. The van der Waals surface area contributed by atoms with E-state index in [0.29, 0.717) is 18.2 Å². The molecule has 2 heterocycles. The molecular formula is C19H22FN3O2. The number of hydrogen-bond donors (Lipinski definition) is 0. The number of hydrogen-bond acceptors (Lipinski definition) is 4. The van der Waals surface area contributed by atoms with Crippen LogP contribution in [-0.4, -0.2) is 33.6 Å². The van der Waals surface area contributed by atoms with Crippen LogP contribution < -0.4 is 0 Å². The van der Waals surface area contributed by atoms with Crippen molar-refractivity contribution in [1.29, 1.82) is 0 Å². The molecule has 0 aliphatic carbocycles. The van der Waals surface area contributed by atoms with Gasteiger partial charge in [0.25, 0.3) is 0 Å². The fraction of sp³-hybridized carbons (Fsp3) is 0.421. The molecule has 5 nitrogen and oxygen atoms in total. The summed E-state index contributed by atoms with van der Waals surface area (Å²) in [5.74, 6) is 1.01. The number of benzene rings is 1. The van der Waals surface area contributed by atoms with E-state index in [1.807, 2.05) is 30.0 Å². The Hall–Kier alpha value is -2.50. The first-order valence-electron chi connectivity index (χ1n) is 8.56. The number of rotatable bonds is 4. The summed E-state index contributed by atoms with van der Waals surface area (Å²) in [5.41, 5.74) is 0.790. The summed E-state index contributed by atoms with van der Waals surface area (Å²) < 4.78 is 18.9. The highest BCUT2D eigenvalue weighted by atomic mass is 19.1. The van der Waals surface area contributed by atoms with E-state index < -0.39 is 0 Å². The molecular weight excluding hydrogens is 321 g/mol. The summed E-state index contributed by atoms with van der Waals surface area (Å²) in [4.78, 5) is 13.6. The summed E-state index contributed by atoms with van der Waals surface area (Å²) in [6.45, 7) is 4.40. The molecule has 0 N–H and O–H groups in total. The van der Waals surface area contributed by atoms with Crippen LogP contribution in [0.2, 0.25) is 0 Å². The Kier molecular flexibility index (Phi) is 5.26. The molecule has 2 atom stereocenters. The average Bonchev–Trinajstić information content (AvgIpc) is 3.03. The van der Waals surface area contributed by atoms with E-state index >= 15 is 0 Å². The third kappa shape index (κ3) is 4.13. The summed E-state index contributed by atoms with van der Waals surface area (Å²) >= 11 is 0. The van der Waals surface area contributed by atoms with Crippen molar-refractivity contribution in [2.75, 3.05) is 6.54 Å². The molecule has 2 aromatic rings. The van der Waals surface area contributed by atoms with Gasteiger partial charge in [0.2, 0.25) is 17.7 Å². The number of likely N-dealkylation sites (tertiary alicyclic amines) is 1. The summed E-state index contributed by atoms with van der Waals surface area (Å²) in [5, 5.41) is 8.27. The van der Waals surface area contributed by atoms with Crippen LogP contribution in [0.1, 0.15) is 50.0 Å². The summed E-state index contributed by atoms with van der Waals surface area (Å²) in [6.07, 6.45) is 6.06. The van der Waals surface area contributed by atoms with Gasteiger partial charge in [-0.3, -0.25) is 4.79 Å². The lowest BCUT2D eigenvalue weighted by atomic mass is 9.90. The van der Waals surface area contributed by atoms with Crippen molar-refractivity contribution < 1.29 is 13.6 Å². The Morgan fingerprint density at radius 2 is 2.28 bits per heavy atom. The SMILES string of the molecule is CC(=O)N1CCC[C@H](c2nnc(C/C=C/c3cccc(F)c3)o2)[C@@H]1C. The highest BCUT2D eigenvalue weighted by Crippen LogP contribution is 2.31. The van der Waals surface area contributed by atoms with Crippen LogP contribution in [0.4, 0.5) is 4.39 Å². The minimum atomic E-state index is -0.261. The van der Waals surface area contributed by atoms with Crippen LogP contribution in [0, 0.1) is 5.82 Å². The minimum absolute atomic E-state index is 0.0578. The van der Waals surface area contributed by atoms with E-state index in [-0.39, 0.29) is 23.7 Å². The zero-order valence-corrected chi connectivity index (χ0v) is 14.5. The molecule has 132 valence electrons. The first-order chi connectivity index (χ1) is 12.0. The van der Waals surface area contributed by atoms with Gasteiger partial charge in [0, 0.05) is 25.9 Å². The smallest absolute Gasteiger partial charge is 0.221 e. The molecule has 3 rings (SSSR count). The van der Waals surface area contributed by atoms with Gasteiger partial charge in [-0.1, -0.05) is 24.3 Å². The Balaban J connectivity index is 1.65. The molecule has 0 saturated carbocycles. The van der Waals surface area contributed by atoms with Crippen molar-refractivity contribution in [3.63, 3.8) is 0 Å². The zero-order valence-electron chi connectivity index (χ0n) is 14.5. The van der Waals surface area contributed by atoms with Crippen LogP contribution >= 0.6 is 0 Å². The maximum Gasteiger partial charge on any atom is 0.221 e. The lowest BCUT2D eigenvalue weighted by molar-refractivity contribution is -0.132. The second-order valence-electron chi connectivity index (χ2n) is 6.40. The van der Waals surface area contributed by atoms with Crippen LogP contribution in [0.5, 0.6) is 0 Å². The van der Waals surface area contributed by atoms with Gasteiger partial charge in [-0.15, -0.1) is 10.2 Å². The predicted molar refractivity (Wildman–Crippen MR) is 92.3 cm³/mol. The van der Waals surface area contributed by atoms with Crippen LogP contribution in [0.3, 0.4) is 0 Å². The van der Waals surface area contributed by atoms with Gasteiger partial charge in [0.05, 0.1) is 5.92 Å². The molecule has 1 aliphatic heterocycles. The Bertz CT molecular complexity index is 772. The second-order valence-corrected chi connectivity index (χ2v) is 6.40. The monoisotopic (exact) mass is 343 g/mol. The fourth-order valence-corrected chi connectivity index (χ4v) is 3.32. The molecule has 1 aromatic carbocycles. The third-order valence-corrected chi connectivity index (χ3v) is 4.64. The zero-order chi connectivity index (χ0) is 17.8. The maximum atomic E-state index is 13.1. The average molecular weight is 343 g/mol. The lowest BCUT2D eigenvalue weighted by Gasteiger charge is -2.37. The van der Waals surface area contributed by atoms with Gasteiger partial charge in [-0.05, 0) is 37.5 Å². The van der Waals surface area contributed by atoms with Crippen LogP contribution in [0.15, 0.2) is 34.8 Å². The molecule has 0 radical (unpaired) electrons. The number of carbonyl (C=O) groups excluding carboxylic acids is 1. The van der Waals surface area contributed by atoms with E-state index in [9.17, 15) is 9.18 Å². The molecule has 1 amide bonds. The van der Waals surface area contributed by atoms with E-state index in [0.717, 1.165) is 24.9 Å². The van der Waals surface area contributed by atoms with Crippen molar-refractivity contribution in [3.05, 3.63) is 53.5 Å². The number of piperidine rings is 1. The molecule has 6 heteroatoms. The van der Waals surface area contributed by atoms with Crippen molar-refractivity contribution in [1.82, 2.24) is 15.1 Å². The number of allylic oxidation sites excluding steroid dienone is 1.